The highest BCUT2D eigenvalue weighted by Gasteiger charge is 2.36. The van der Waals surface area contributed by atoms with Crippen LogP contribution in [0.4, 0.5) is 24.7 Å². The number of nitrogens with zero attached hydrogens (tertiary/aromatic N) is 3. The number of ether oxygens (including phenoxy) is 1. The minimum absolute atomic E-state index is 0.0318. The van der Waals surface area contributed by atoms with Crippen LogP contribution in [0.25, 0.3) is 0 Å². The number of nitrogens with one attached hydrogen (secondary N) is 1. The first kappa shape index (κ1) is 26.9. The van der Waals surface area contributed by atoms with Crippen molar-refractivity contribution in [2.75, 3.05) is 16.8 Å². The molecule has 0 amide bonds. The Hall–Kier alpha value is -3.15. The molecule has 1 atom stereocenters. The molecule has 0 saturated heterocycles. The number of hydrogen-bond donors (Lipinski definition) is 2. The molecule has 0 radical (unpaired) electrons. The van der Waals surface area contributed by atoms with Crippen molar-refractivity contribution in [3.63, 3.8) is 0 Å². The van der Waals surface area contributed by atoms with E-state index in [1.165, 1.54) is 23.7 Å². The Morgan fingerprint density at radius 1 is 1.08 bits per heavy atom. The summed E-state index contributed by atoms with van der Waals surface area (Å²) in [4.78, 5) is 28.1. The summed E-state index contributed by atoms with van der Waals surface area (Å²) in [6.07, 6.45) is -5.15. The molecular weight excluding hydrogens is 536 g/mol. The molecule has 198 valence electrons. The Balaban J connectivity index is 1.76. The summed E-state index contributed by atoms with van der Waals surface area (Å²) in [5.74, 6) is -0.250. The van der Waals surface area contributed by atoms with Crippen LogP contribution in [-0.4, -0.2) is 33.4 Å². The van der Waals surface area contributed by atoms with E-state index in [1.807, 2.05) is 0 Å². The van der Waals surface area contributed by atoms with Crippen molar-refractivity contribution in [3.8, 4) is 5.75 Å². The van der Waals surface area contributed by atoms with Crippen molar-refractivity contribution in [1.29, 1.82) is 0 Å². The summed E-state index contributed by atoms with van der Waals surface area (Å²) in [5, 5.41) is 12.7. The molecule has 0 bridgehead atoms. The van der Waals surface area contributed by atoms with Gasteiger partial charge >= 0.3 is 12.1 Å². The molecular formula is C24H23Cl2F3N4O4. The molecule has 3 aromatic rings. The summed E-state index contributed by atoms with van der Waals surface area (Å²) < 4.78 is 44.9. The number of benzene rings is 2. The van der Waals surface area contributed by atoms with Gasteiger partial charge in [-0.05, 0) is 41.8 Å². The zero-order valence-corrected chi connectivity index (χ0v) is 21.1. The van der Waals surface area contributed by atoms with Gasteiger partial charge in [0.05, 0.1) is 5.02 Å². The van der Waals surface area contributed by atoms with Crippen LogP contribution < -0.4 is 26.2 Å². The van der Waals surface area contributed by atoms with E-state index >= 15 is 0 Å². The summed E-state index contributed by atoms with van der Waals surface area (Å²) in [6, 6.07) is 11.1. The average Bonchev–Trinajstić information content (AvgIpc) is 3.18. The Labute approximate surface area is 219 Å². The molecule has 2 aromatic carbocycles. The molecule has 0 spiro atoms. The molecule has 1 aliphatic heterocycles. The second-order valence-electron chi connectivity index (χ2n) is 8.50. The summed E-state index contributed by atoms with van der Waals surface area (Å²) in [6.45, 7) is 0.0831. The van der Waals surface area contributed by atoms with Gasteiger partial charge in [-0.1, -0.05) is 41.4 Å². The Morgan fingerprint density at radius 3 is 2.41 bits per heavy atom. The third-order valence-electron chi connectivity index (χ3n) is 5.95. The number of rotatable bonds is 8. The topological polar surface area (TPSA) is 88.7 Å². The molecule has 2 N–H and O–H groups in total. The van der Waals surface area contributed by atoms with Crippen LogP contribution in [0, 0.1) is 0 Å². The standard InChI is InChI=1S/C24H23Cl2F3N4O4/c1-31-21-20(22(35)32(23(31)36)9-2-10-34)33(13-14-3-6-16(25)7-4-14)19(30-21)12-15-5-8-17(26)18(11-15)37-24(27,28)29/h3-8,11,19,30,34H,2,9-10,12-13H2,1H3. The maximum Gasteiger partial charge on any atom is 0.573 e. The fraction of sp³-hybridized carbons (Fsp3) is 0.333. The quantitative estimate of drug-likeness (QED) is 0.432. The van der Waals surface area contributed by atoms with Gasteiger partial charge in [0.15, 0.2) is 0 Å². The molecule has 1 aliphatic rings. The van der Waals surface area contributed by atoms with Gasteiger partial charge in [-0.3, -0.25) is 13.9 Å². The number of aromatic nitrogens is 2. The highest BCUT2D eigenvalue weighted by Crippen LogP contribution is 2.35. The second-order valence-corrected chi connectivity index (χ2v) is 9.35. The van der Waals surface area contributed by atoms with Gasteiger partial charge < -0.3 is 20.1 Å². The van der Waals surface area contributed by atoms with Gasteiger partial charge in [-0.2, -0.15) is 0 Å². The van der Waals surface area contributed by atoms with E-state index in [1.54, 1.807) is 35.2 Å². The van der Waals surface area contributed by atoms with E-state index in [9.17, 15) is 27.9 Å². The first-order valence-corrected chi connectivity index (χ1v) is 12.0. The number of aliphatic hydroxyl groups is 1. The zero-order valence-electron chi connectivity index (χ0n) is 19.6. The summed E-state index contributed by atoms with van der Waals surface area (Å²) in [5.41, 5.74) is 0.426. The first-order chi connectivity index (χ1) is 17.5. The van der Waals surface area contributed by atoms with Crippen LogP contribution in [-0.2, 0) is 26.6 Å². The van der Waals surface area contributed by atoms with Crippen LogP contribution >= 0.6 is 23.2 Å². The van der Waals surface area contributed by atoms with Crippen LogP contribution in [0.1, 0.15) is 17.5 Å². The van der Waals surface area contributed by atoms with Crippen molar-refractivity contribution in [3.05, 3.63) is 84.5 Å². The van der Waals surface area contributed by atoms with E-state index in [0.717, 1.165) is 10.1 Å². The van der Waals surface area contributed by atoms with E-state index in [2.05, 4.69) is 10.1 Å². The van der Waals surface area contributed by atoms with Gasteiger partial charge in [0.2, 0.25) is 0 Å². The molecule has 0 saturated carbocycles. The lowest BCUT2D eigenvalue weighted by Gasteiger charge is -2.27. The fourth-order valence-electron chi connectivity index (χ4n) is 4.23. The number of hydrogen-bond acceptors (Lipinski definition) is 6. The van der Waals surface area contributed by atoms with Crippen LogP contribution in [0.15, 0.2) is 52.1 Å². The molecule has 37 heavy (non-hydrogen) atoms. The molecule has 4 rings (SSSR count). The lowest BCUT2D eigenvalue weighted by atomic mass is 10.1. The SMILES string of the molecule is Cn1c2c(c(=O)n(CCCO)c1=O)N(Cc1ccc(Cl)cc1)C(Cc1ccc(Cl)c(OC(F)(F)F)c1)N2. The lowest BCUT2D eigenvalue weighted by molar-refractivity contribution is -0.274. The van der Waals surface area contributed by atoms with E-state index in [0.29, 0.717) is 10.6 Å². The van der Waals surface area contributed by atoms with Crippen molar-refractivity contribution >= 4 is 34.7 Å². The molecule has 1 unspecified atom stereocenters. The van der Waals surface area contributed by atoms with Gasteiger partial charge in [-0.15, -0.1) is 13.2 Å². The van der Waals surface area contributed by atoms with Gasteiger partial charge in [0, 0.05) is 38.2 Å². The van der Waals surface area contributed by atoms with Crippen LogP contribution in [0.2, 0.25) is 10.0 Å². The normalized spacial score (nSPS) is 15.0. The first-order valence-electron chi connectivity index (χ1n) is 11.2. The Bertz CT molecular complexity index is 1410. The van der Waals surface area contributed by atoms with Gasteiger partial charge in [0.25, 0.3) is 5.56 Å². The van der Waals surface area contributed by atoms with E-state index in [4.69, 9.17) is 23.2 Å². The van der Waals surface area contributed by atoms with Crippen molar-refractivity contribution in [1.82, 2.24) is 9.13 Å². The molecule has 1 aromatic heterocycles. The largest absolute Gasteiger partial charge is 0.573 e. The van der Waals surface area contributed by atoms with Crippen LogP contribution in [0.3, 0.4) is 0 Å². The summed E-state index contributed by atoms with van der Waals surface area (Å²) >= 11 is 11.9. The number of anilines is 2. The van der Waals surface area contributed by atoms with Crippen molar-refractivity contribution < 1.29 is 23.0 Å². The van der Waals surface area contributed by atoms with Crippen LogP contribution in [0.5, 0.6) is 5.75 Å². The lowest BCUT2D eigenvalue weighted by Crippen LogP contribution is -2.42. The predicted octanol–water partition coefficient (Wildman–Crippen LogP) is 4.14. The minimum Gasteiger partial charge on any atom is -0.404 e. The van der Waals surface area contributed by atoms with Crippen molar-refractivity contribution in [2.24, 2.45) is 7.05 Å². The second kappa shape index (κ2) is 10.7. The predicted molar refractivity (Wildman–Crippen MR) is 135 cm³/mol. The zero-order chi connectivity index (χ0) is 26.9. The third kappa shape index (κ3) is 5.89. The third-order valence-corrected chi connectivity index (χ3v) is 6.51. The van der Waals surface area contributed by atoms with Gasteiger partial charge in [-0.25, -0.2) is 4.79 Å². The summed E-state index contributed by atoms with van der Waals surface area (Å²) in [7, 11) is 1.52. The van der Waals surface area contributed by atoms with Crippen molar-refractivity contribution in [2.45, 2.75) is 38.5 Å². The van der Waals surface area contributed by atoms with Gasteiger partial charge in [0.1, 0.15) is 23.4 Å². The smallest absolute Gasteiger partial charge is 0.404 e. The molecule has 8 nitrogen and oxygen atoms in total. The number of halogens is 5. The molecule has 0 aliphatic carbocycles. The molecule has 0 fully saturated rings. The number of alkyl halides is 3. The Morgan fingerprint density at radius 2 is 1.76 bits per heavy atom. The molecule has 2 heterocycles. The molecule has 13 heteroatoms. The average molecular weight is 559 g/mol. The highest BCUT2D eigenvalue weighted by molar-refractivity contribution is 6.32. The monoisotopic (exact) mass is 558 g/mol. The number of fused-ring (bicyclic) bond motifs is 1. The maximum absolute atomic E-state index is 13.5. The van der Waals surface area contributed by atoms with E-state index in [-0.39, 0.29) is 49.1 Å². The highest BCUT2D eigenvalue weighted by atomic mass is 35.5. The fourth-order valence-corrected chi connectivity index (χ4v) is 4.51. The maximum atomic E-state index is 13.5. The minimum atomic E-state index is -4.91. The number of aliphatic hydroxyl groups excluding tert-OH is 1. The van der Waals surface area contributed by atoms with E-state index < -0.39 is 29.5 Å². The Kier molecular flexibility index (Phi) is 7.77.